The van der Waals surface area contributed by atoms with Crippen molar-refractivity contribution in [1.82, 2.24) is 10.1 Å². The third-order valence-electron chi connectivity index (χ3n) is 2.20. The summed E-state index contributed by atoms with van der Waals surface area (Å²) in [6, 6.07) is -0.307. The molecular weight excluding hydrogens is 232 g/mol. The quantitative estimate of drug-likeness (QED) is 0.742. The van der Waals surface area contributed by atoms with Gasteiger partial charge in [0.2, 0.25) is 5.89 Å². The van der Waals surface area contributed by atoms with E-state index in [0.29, 0.717) is 18.1 Å². The number of halogens is 2. The summed E-state index contributed by atoms with van der Waals surface area (Å²) >= 11 is 0. The molecule has 0 aliphatic rings. The van der Waals surface area contributed by atoms with E-state index in [2.05, 4.69) is 10.1 Å². The van der Waals surface area contributed by atoms with Gasteiger partial charge in [0.1, 0.15) is 6.61 Å². The van der Waals surface area contributed by atoms with Crippen LogP contribution in [-0.2, 0) is 11.2 Å². The standard InChI is InChI=1S/C10H17F2N3O2/c1-6(2)9(13)10-14-8(15-17-10)3-4-16-5-7(11)12/h6-7,9H,3-5,13H2,1-2H3. The molecular formula is C10H17F2N3O2. The maximum absolute atomic E-state index is 11.8. The first-order chi connectivity index (χ1) is 8.00. The molecule has 0 radical (unpaired) electrons. The topological polar surface area (TPSA) is 74.2 Å². The van der Waals surface area contributed by atoms with E-state index in [-0.39, 0.29) is 18.6 Å². The van der Waals surface area contributed by atoms with E-state index in [1.165, 1.54) is 0 Å². The number of aromatic nitrogens is 2. The SMILES string of the molecule is CC(C)C(N)c1nc(CCOCC(F)F)no1. The van der Waals surface area contributed by atoms with E-state index in [0.717, 1.165) is 0 Å². The van der Waals surface area contributed by atoms with Crippen LogP contribution in [0.3, 0.4) is 0 Å². The molecule has 0 aromatic carbocycles. The minimum atomic E-state index is -2.45. The largest absolute Gasteiger partial charge is 0.375 e. The number of hydrogen-bond acceptors (Lipinski definition) is 5. The summed E-state index contributed by atoms with van der Waals surface area (Å²) in [4.78, 5) is 4.08. The van der Waals surface area contributed by atoms with E-state index in [9.17, 15) is 8.78 Å². The summed E-state index contributed by atoms with van der Waals surface area (Å²) in [5.74, 6) is 0.979. The molecule has 1 unspecified atom stereocenters. The van der Waals surface area contributed by atoms with Crippen LogP contribution in [0, 0.1) is 5.92 Å². The number of nitrogens with two attached hydrogens (primary N) is 1. The highest BCUT2D eigenvalue weighted by molar-refractivity contribution is 4.93. The molecule has 1 atom stereocenters. The molecule has 1 heterocycles. The highest BCUT2D eigenvalue weighted by Crippen LogP contribution is 2.16. The lowest BCUT2D eigenvalue weighted by molar-refractivity contribution is 0.0182. The van der Waals surface area contributed by atoms with Crippen molar-refractivity contribution in [2.45, 2.75) is 32.7 Å². The Labute approximate surface area is 98.3 Å². The second-order valence-corrected chi connectivity index (χ2v) is 4.03. The zero-order valence-corrected chi connectivity index (χ0v) is 9.90. The molecule has 0 spiro atoms. The molecule has 0 aliphatic heterocycles. The zero-order valence-electron chi connectivity index (χ0n) is 9.90. The van der Waals surface area contributed by atoms with Crippen molar-refractivity contribution < 1.29 is 18.0 Å². The van der Waals surface area contributed by atoms with Crippen LogP contribution < -0.4 is 5.73 Å². The minimum Gasteiger partial charge on any atom is -0.375 e. The third kappa shape index (κ3) is 4.74. The summed E-state index contributed by atoms with van der Waals surface area (Å²) in [6.45, 7) is 3.46. The normalized spacial score (nSPS) is 13.6. The molecule has 1 aromatic rings. The Morgan fingerprint density at radius 3 is 2.71 bits per heavy atom. The van der Waals surface area contributed by atoms with Crippen molar-refractivity contribution in [2.75, 3.05) is 13.2 Å². The zero-order chi connectivity index (χ0) is 12.8. The molecule has 0 fully saturated rings. The molecule has 2 N–H and O–H groups in total. The molecule has 5 nitrogen and oxygen atoms in total. The fraction of sp³-hybridized carbons (Fsp3) is 0.800. The van der Waals surface area contributed by atoms with Crippen LogP contribution >= 0.6 is 0 Å². The fourth-order valence-corrected chi connectivity index (χ4v) is 1.13. The van der Waals surface area contributed by atoms with E-state index in [1.54, 1.807) is 0 Å². The number of nitrogens with zero attached hydrogens (tertiary/aromatic N) is 2. The highest BCUT2D eigenvalue weighted by atomic mass is 19.3. The van der Waals surface area contributed by atoms with Crippen LogP contribution in [0.15, 0.2) is 4.52 Å². The van der Waals surface area contributed by atoms with Crippen LogP contribution in [-0.4, -0.2) is 29.8 Å². The van der Waals surface area contributed by atoms with Gasteiger partial charge in [-0.05, 0) is 5.92 Å². The highest BCUT2D eigenvalue weighted by Gasteiger charge is 2.17. The smallest absolute Gasteiger partial charge is 0.261 e. The van der Waals surface area contributed by atoms with Crippen LogP contribution in [0.1, 0.15) is 31.6 Å². The van der Waals surface area contributed by atoms with Gasteiger partial charge in [0.25, 0.3) is 6.43 Å². The summed E-state index contributed by atoms with van der Waals surface area (Å²) in [6.07, 6.45) is -2.12. The van der Waals surface area contributed by atoms with Gasteiger partial charge in [-0.15, -0.1) is 0 Å². The molecule has 7 heteroatoms. The van der Waals surface area contributed by atoms with Crippen LogP contribution in [0.2, 0.25) is 0 Å². The van der Waals surface area contributed by atoms with Crippen LogP contribution in [0.4, 0.5) is 8.78 Å². The Morgan fingerprint density at radius 1 is 1.41 bits per heavy atom. The van der Waals surface area contributed by atoms with Gasteiger partial charge in [0, 0.05) is 6.42 Å². The Kier molecular flexibility index (Phi) is 5.43. The van der Waals surface area contributed by atoms with Gasteiger partial charge >= 0.3 is 0 Å². The fourth-order valence-electron chi connectivity index (χ4n) is 1.13. The van der Waals surface area contributed by atoms with Crippen molar-refractivity contribution in [3.05, 3.63) is 11.7 Å². The first kappa shape index (κ1) is 14.0. The van der Waals surface area contributed by atoms with Crippen molar-refractivity contribution in [2.24, 2.45) is 11.7 Å². The van der Waals surface area contributed by atoms with E-state index >= 15 is 0 Å². The number of ether oxygens (including phenoxy) is 1. The number of hydrogen-bond donors (Lipinski definition) is 1. The van der Waals surface area contributed by atoms with Crippen molar-refractivity contribution in [1.29, 1.82) is 0 Å². The molecule has 0 saturated carbocycles. The molecule has 0 bridgehead atoms. The van der Waals surface area contributed by atoms with Gasteiger partial charge in [-0.1, -0.05) is 19.0 Å². The van der Waals surface area contributed by atoms with Crippen molar-refractivity contribution in [3.63, 3.8) is 0 Å². The van der Waals surface area contributed by atoms with Gasteiger partial charge in [-0.25, -0.2) is 8.78 Å². The lowest BCUT2D eigenvalue weighted by Gasteiger charge is -2.09. The maximum atomic E-state index is 11.8. The Balaban J connectivity index is 2.36. The Morgan fingerprint density at radius 2 is 2.12 bits per heavy atom. The third-order valence-corrected chi connectivity index (χ3v) is 2.20. The minimum absolute atomic E-state index is 0.139. The van der Waals surface area contributed by atoms with Gasteiger partial charge in [-0.3, -0.25) is 0 Å². The van der Waals surface area contributed by atoms with Gasteiger partial charge in [0.15, 0.2) is 5.82 Å². The van der Waals surface area contributed by atoms with Crippen molar-refractivity contribution in [3.8, 4) is 0 Å². The molecule has 17 heavy (non-hydrogen) atoms. The lowest BCUT2D eigenvalue weighted by atomic mass is 10.1. The summed E-state index contributed by atoms with van der Waals surface area (Å²) in [5.41, 5.74) is 5.82. The summed E-state index contributed by atoms with van der Waals surface area (Å²) in [5, 5.41) is 3.70. The number of alkyl halides is 2. The summed E-state index contributed by atoms with van der Waals surface area (Å²) < 4.78 is 33.2. The molecule has 0 saturated heterocycles. The summed E-state index contributed by atoms with van der Waals surface area (Å²) in [7, 11) is 0. The van der Waals surface area contributed by atoms with E-state index in [4.69, 9.17) is 15.0 Å². The first-order valence-electron chi connectivity index (χ1n) is 5.44. The molecule has 0 aliphatic carbocycles. The maximum Gasteiger partial charge on any atom is 0.261 e. The lowest BCUT2D eigenvalue weighted by Crippen LogP contribution is -2.17. The monoisotopic (exact) mass is 249 g/mol. The predicted molar refractivity (Wildman–Crippen MR) is 56.6 cm³/mol. The van der Waals surface area contributed by atoms with Gasteiger partial charge in [-0.2, -0.15) is 4.98 Å². The Hall–Kier alpha value is -1.08. The van der Waals surface area contributed by atoms with Crippen LogP contribution in [0.5, 0.6) is 0 Å². The predicted octanol–water partition coefficient (Wildman–Crippen LogP) is 1.55. The molecule has 1 rings (SSSR count). The van der Waals surface area contributed by atoms with Crippen LogP contribution in [0.25, 0.3) is 0 Å². The second kappa shape index (κ2) is 6.61. The molecule has 1 aromatic heterocycles. The average Bonchev–Trinajstić information content (AvgIpc) is 2.71. The molecule has 98 valence electrons. The van der Waals surface area contributed by atoms with Gasteiger partial charge < -0.3 is 15.0 Å². The number of rotatable bonds is 7. The molecule has 0 amide bonds. The van der Waals surface area contributed by atoms with E-state index in [1.807, 2.05) is 13.8 Å². The first-order valence-corrected chi connectivity index (χ1v) is 5.44. The van der Waals surface area contributed by atoms with E-state index < -0.39 is 13.0 Å². The second-order valence-electron chi connectivity index (χ2n) is 4.03. The Bertz CT molecular complexity index is 331. The van der Waals surface area contributed by atoms with Crippen molar-refractivity contribution >= 4 is 0 Å². The van der Waals surface area contributed by atoms with Gasteiger partial charge in [0.05, 0.1) is 12.6 Å². The average molecular weight is 249 g/mol.